The average molecular weight is 330 g/mol. The van der Waals surface area contributed by atoms with Crippen LogP contribution in [0.25, 0.3) is 5.65 Å². The highest BCUT2D eigenvalue weighted by molar-refractivity contribution is 5.99. The number of likely N-dealkylation sites (tertiary alicyclic amines) is 1. The van der Waals surface area contributed by atoms with Crippen LogP contribution in [-0.2, 0) is 0 Å². The second-order valence-electron chi connectivity index (χ2n) is 6.08. The third-order valence-electron chi connectivity index (χ3n) is 4.36. The summed E-state index contributed by atoms with van der Waals surface area (Å²) in [5.74, 6) is -0.825. The van der Waals surface area contributed by atoms with Crippen molar-refractivity contribution in [1.82, 2.24) is 24.8 Å². The number of amides is 2. The highest BCUT2D eigenvalue weighted by Crippen LogP contribution is 2.13. The summed E-state index contributed by atoms with van der Waals surface area (Å²) in [5.41, 5.74) is 6.16. The van der Waals surface area contributed by atoms with Gasteiger partial charge in [-0.25, -0.2) is 9.50 Å². The van der Waals surface area contributed by atoms with Crippen molar-refractivity contribution in [1.29, 1.82) is 0 Å². The lowest BCUT2D eigenvalue weighted by molar-refractivity contribution is 0.0902. The van der Waals surface area contributed by atoms with Crippen molar-refractivity contribution in [3.05, 3.63) is 29.7 Å². The quantitative estimate of drug-likeness (QED) is 0.827. The molecule has 24 heavy (non-hydrogen) atoms. The third kappa shape index (κ3) is 3.23. The van der Waals surface area contributed by atoms with E-state index < -0.39 is 5.91 Å². The van der Waals surface area contributed by atoms with Gasteiger partial charge in [-0.2, -0.15) is 5.10 Å². The van der Waals surface area contributed by atoms with Crippen molar-refractivity contribution in [2.75, 3.05) is 19.6 Å². The molecule has 2 aromatic rings. The molecule has 1 fully saturated rings. The molecule has 3 rings (SSSR count). The fourth-order valence-electron chi connectivity index (χ4n) is 3.11. The summed E-state index contributed by atoms with van der Waals surface area (Å²) >= 11 is 0. The van der Waals surface area contributed by atoms with E-state index in [2.05, 4.69) is 27.2 Å². The molecule has 0 unspecified atom stereocenters. The van der Waals surface area contributed by atoms with Gasteiger partial charge in [0.2, 0.25) is 0 Å². The summed E-state index contributed by atoms with van der Waals surface area (Å²) in [6, 6.07) is 1.74. The lowest BCUT2D eigenvalue weighted by Crippen LogP contribution is -2.45. The van der Waals surface area contributed by atoms with E-state index in [0.717, 1.165) is 38.9 Å². The molecule has 2 amide bonds. The molecule has 0 spiro atoms. The van der Waals surface area contributed by atoms with E-state index >= 15 is 0 Å². The number of hydrogen-bond donors (Lipinski definition) is 2. The van der Waals surface area contributed by atoms with Crippen LogP contribution in [0.2, 0.25) is 0 Å². The number of rotatable bonds is 5. The molecular formula is C16H22N6O2. The highest BCUT2D eigenvalue weighted by Gasteiger charge is 2.22. The number of nitrogens with two attached hydrogens (primary N) is 1. The Kier molecular flexibility index (Phi) is 4.75. The van der Waals surface area contributed by atoms with Crippen LogP contribution in [0, 0.1) is 0 Å². The van der Waals surface area contributed by atoms with Crippen molar-refractivity contribution < 1.29 is 9.59 Å². The molecule has 0 aromatic carbocycles. The Morgan fingerprint density at radius 3 is 2.79 bits per heavy atom. The molecule has 1 aliphatic rings. The maximum Gasteiger partial charge on any atom is 0.270 e. The van der Waals surface area contributed by atoms with E-state index in [1.54, 1.807) is 6.07 Å². The summed E-state index contributed by atoms with van der Waals surface area (Å²) < 4.78 is 1.36. The van der Waals surface area contributed by atoms with Gasteiger partial charge in [0.25, 0.3) is 11.8 Å². The minimum atomic E-state index is -0.613. The summed E-state index contributed by atoms with van der Waals surface area (Å²) in [5, 5.41) is 7.13. The standard InChI is InChI=1S/C16H22N6O2/c1-2-7-21-8-4-11(5-9-21)20-16(24)13-3-6-18-15-12(14(17)23)10-19-22(13)15/h3,6,10-11H,2,4-5,7-9H2,1H3,(H2,17,23)(H,20,24). The van der Waals surface area contributed by atoms with Crippen LogP contribution in [0.4, 0.5) is 0 Å². The smallest absolute Gasteiger partial charge is 0.270 e. The average Bonchev–Trinajstić information content (AvgIpc) is 3.01. The van der Waals surface area contributed by atoms with E-state index in [1.165, 1.54) is 16.9 Å². The summed E-state index contributed by atoms with van der Waals surface area (Å²) in [6.07, 6.45) is 5.84. The van der Waals surface area contributed by atoms with E-state index in [-0.39, 0.29) is 17.5 Å². The molecule has 0 saturated carbocycles. The molecule has 0 atom stereocenters. The van der Waals surface area contributed by atoms with Gasteiger partial charge in [-0.3, -0.25) is 9.59 Å². The number of carbonyl (C=O) groups is 2. The van der Waals surface area contributed by atoms with Crippen molar-refractivity contribution in [3.63, 3.8) is 0 Å². The molecule has 0 aliphatic carbocycles. The first-order valence-electron chi connectivity index (χ1n) is 8.26. The van der Waals surface area contributed by atoms with Crippen LogP contribution in [0.5, 0.6) is 0 Å². The predicted octanol–water partition coefficient (Wildman–Crippen LogP) is 0.432. The second-order valence-corrected chi connectivity index (χ2v) is 6.08. The Balaban J connectivity index is 1.72. The summed E-state index contributed by atoms with van der Waals surface area (Å²) in [4.78, 5) is 30.5. The molecule has 1 saturated heterocycles. The third-order valence-corrected chi connectivity index (χ3v) is 4.36. The maximum atomic E-state index is 12.6. The fourth-order valence-corrected chi connectivity index (χ4v) is 3.11. The van der Waals surface area contributed by atoms with Crippen LogP contribution in [0.15, 0.2) is 18.5 Å². The topological polar surface area (TPSA) is 106 Å². The number of aromatic nitrogens is 3. The Morgan fingerprint density at radius 2 is 2.12 bits per heavy atom. The fraction of sp³-hybridized carbons (Fsp3) is 0.500. The molecule has 8 heteroatoms. The number of nitrogens with one attached hydrogen (secondary N) is 1. The van der Waals surface area contributed by atoms with Gasteiger partial charge < -0.3 is 16.0 Å². The molecule has 8 nitrogen and oxygen atoms in total. The number of primary amides is 1. The molecule has 128 valence electrons. The Hall–Kier alpha value is -2.48. The second kappa shape index (κ2) is 6.96. The van der Waals surface area contributed by atoms with Crippen LogP contribution in [0.3, 0.4) is 0 Å². The Bertz CT molecular complexity index is 748. The zero-order valence-electron chi connectivity index (χ0n) is 13.7. The zero-order valence-corrected chi connectivity index (χ0v) is 13.7. The van der Waals surface area contributed by atoms with Gasteiger partial charge in [-0.1, -0.05) is 6.92 Å². The highest BCUT2D eigenvalue weighted by atomic mass is 16.2. The summed E-state index contributed by atoms with van der Waals surface area (Å²) in [6.45, 7) is 5.28. The van der Waals surface area contributed by atoms with Gasteiger partial charge in [0.15, 0.2) is 5.65 Å². The lowest BCUT2D eigenvalue weighted by atomic mass is 10.0. The molecule has 3 heterocycles. The SMILES string of the molecule is CCCN1CCC(NC(=O)c2ccnc3c(C(N)=O)cnn23)CC1. The monoisotopic (exact) mass is 330 g/mol. The van der Waals surface area contributed by atoms with Crippen molar-refractivity contribution in [3.8, 4) is 0 Å². The van der Waals surface area contributed by atoms with Gasteiger partial charge >= 0.3 is 0 Å². The largest absolute Gasteiger partial charge is 0.365 e. The van der Waals surface area contributed by atoms with Crippen LogP contribution in [-0.4, -0.2) is 57.0 Å². The Labute approximate surface area is 140 Å². The van der Waals surface area contributed by atoms with Crippen molar-refractivity contribution in [2.45, 2.75) is 32.2 Å². The van der Waals surface area contributed by atoms with Crippen LogP contribution >= 0.6 is 0 Å². The molecule has 2 aromatic heterocycles. The van der Waals surface area contributed by atoms with Crippen molar-refractivity contribution in [2.24, 2.45) is 5.73 Å². The summed E-state index contributed by atoms with van der Waals surface area (Å²) in [7, 11) is 0. The normalized spacial score (nSPS) is 16.4. The van der Waals surface area contributed by atoms with E-state index in [1.807, 2.05) is 0 Å². The van der Waals surface area contributed by atoms with E-state index in [0.29, 0.717) is 11.3 Å². The molecule has 0 bridgehead atoms. The van der Waals surface area contributed by atoms with Gasteiger partial charge in [-0.05, 0) is 31.9 Å². The predicted molar refractivity (Wildman–Crippen MR) is 88.7 cm³/mol. The van der Waals surface area contributed by atoms with Crippen molar-refractivity contribution >= 4 is 17.5 Å². The molecule has 3 N–H and O–H groups in total. The first-order chi connectivity index (χ1) is 11.6. The number of fused-ring (bicyclic) bond motifs is 1. The Morgan fingerprint density at radius 1 is 1.38 bits per heavy atom. The minimum Gasteiger partial charge on any atom is -0.365 e. The van der Waals surface area contributed by atoms with E-state index in [4.69, 9.17) is 5.73 Å². The number of piperidine rings is 1. The number of carbonyl (C=O) groups excluding carboxylic acids is 2. The number of hydrogen-bond acceptors (Lipinski definition) is 5. The molecule has 0 radical (unpaired) electrons. The maximum absolute atomic E-state index is 12.6. The van der Waals surface area contributed by atoms with Gasteiger partial charge in [0, 0.05) is 25.3 Å². The lowest BCUT2D eigenvalue weighted by Gasteiger charge is -2.32. The first kappa shape index (κ1) is 16.4. The molecular weight excluding hydrogens is 308 g/mol. The van der Waals surface area contributed by atoms with Crippen LogP contribution in [0.1, 0.15) is 47.0 Å². The van der Waals surface area contributed by atoms with Crippen LogP contribution < -0.4 is 11.1 Å². The number of nitrogens with zero attached hydrogens (tertiary/aromatic N) is 4. The van der Waals surface area contributed by atoms with Gasteiger partial charge in [0.05, 0.1) is 6.20 Å². The molecule has 1 aliphatic heterocycles. The van der Waals surface area contributed by atoms with Gasteiger partial charge in [0.1, 0.15) is 11.3 Å². The van der Waals surface area contributed by atoms with E-state index in [9.17, 15) is 9.59 Å². The minimum absolute atomic E-state index is 0.153. The van der Waals surface area contributed by atoms with Gasteiger partial charge in [-0.15, -0.1) is 0 Å². The zero-order chi connectivity index (χ0) is 17.1. The first-order valence-corrected chi connectivity index (χ1v) is 8.26.